The van der Waals surface area contributed by atoms with Gasteiger partial charge in [0, 0.05) is 17.8 Å². The third kappa shape index (κ3) is 2.33. The second-order valence-electron chi connectivity index (χ2n) is 4.18. The summed E-state index contributed by atoms with van der Waals surface area (Å²) in [5, 5.41) is 15.3. The number of nitrogens with one attached hydrogen (secondary N) is 2. The van der Waals surface area contributed by atoms with Gasteiger partial charge in [-0.05, 0) is 32.0 Å². The molecule has 2 unspecified atom stereocenters. The fraction of sp³-hybridized carbons (Fsp3) is 0.417. The lowest BCUT2D eigenvalue weighted by molar-refractivity contribution is -0.119. The average molecular weight is 220 g/mol. The molecule has 1 saturated heterocycles. The molecule has 3 N–H and O–H groups in total. The molecule has 1 aromatic rings. The Morgan fingerprint density at radius 2 is 2.38 bits per heavy atom. The summed E-state index contributed by atoms with van der Waals surface area (Å²) in [6.45, 7) is 2.90. The number of carbonyl (C=O) groups is 1. The van der Waals surface area contributed by atoms with Gasteiger partial charge in [-0.15, -0.1) is 0 Å². The third-order valence-electron chi connectivity index (χ3n) is 2.98. The Hall–Kier alpha value is -1.55. The zero-order valence-electron chi connectivity index (χ0n) is 9.23. The maximum absolute atomic E-state index is 11.9. The molecule has 16 heavy (non-hydrogen) atoms. The molecule has 1 fully saturated rings. The van der Waals surface area contributed by atoms with E-state index >= 15 is 0 Å². The molecule has 1 amide bonds. The molecule has 0 aromatic heterocycles. The van der Waals surface area contributed by atoms with Crippen LogP contribution < -0.4 is 10.6 Å². The Labute approximate surface area is 94.7 Å². The van der Waals surface area contributed by atoms with Gasteiger partial charge in [-0.25, -0.2) is 0 Å². The first-order chi connectivity index (χ1) is 7.66. The molecule has 1 aliphatic heterocycles. The number of phenolic OH excluding ortho intramolecular Hbond substituents is 1. The highest BCUT2D eigenvalue weighted by Gasteiger charge is 2.29. The van der Waals surface area contributed by atoms with Crippen LogP contribution in [0.2, 0.25) is 0 Å². The van der Waals surface area contributed by atoms with Crippen LogP contribution in [0.1, 0.15) is 13.3 Å². The number of aromatic hydroxyl groups is 1. The molecule has 0 aliphatic carbocycles. The summed E-state index contributed by atoms with van der Waals surface area (Å²) >= 11 is 0. The smallest absolute Gasteiger partial charge is 0.229 e. The van der Waals surface area contributed by atoms with Gasteiger partial charge in [-0.3, -0.25) is 4.79 Å². The van der Waals surface area contributed by atoms with Crippen molar-refractivity contribution in [3.05, 3.63) is 24.3 Å². The van der Waals surface area contributed by atoms with Crippen molar-refractivity contribution in [2.24, 2.45) is 5.92 Å². The largest absolute Gasteiger partial charge is 0.508 e. The summed E-state index contributed by atoms with van der Waals surface area (Å²) < 4.78 is 0. The van der Waals surface area contributed by atoms with Crippen LogP contribution in [0.4, 0.5) is 5.69 Å². The minimum absolute atomic E-state index is 0.0161. The lowest BCUT2D eigenvalue weighted by Crippen LogP contribution is -2.32. The van der Waals surface area contributed by atoms with Gasteiger partial charge in [-0.1, -0.05) is 6.07 Å². The maximum Gasteiger partial charge on any atom is 0.229 e. The van der Waals surface area contributed by atoms with Crippen molar-refractivity contribution >= 4 is 11.6 Å². The Kier molecular flexibility index (Phi) is 3.10. The van der Waals surface area contributed by atoms with Gasteiger partial charge in [0.2, 0.25) is 5.91 Å². The molecule has 1 heterocycles. The van der Waals surface area contributed by atoms with Crippen molar-refractivity contribution in [2.75, 3.05) is 11.9 Å². The van der Waals surface area contributed by atoms with Gasteiger partial charge in [-0.2, -0.15) is 0 Å². The van der Waals surface area contributed by atoms with Crippen LogP contribution in [0.15, 0.2) is 24.3 Å². The Morgan fingerprint density at radius 3 is 3.00 bits per heavy atom. The van der Waals surface area contributed by atoms with E-state index < -0.39 is 0 Å². The van der Waals surface area contributed by atoms with Crippen LogP contribution in [0.3, 0.4) is 0 Å². The summed E-state index contributed by atoms with van der Waals surface area (Å²) in [6.07, 6.45) is 0.867. The Balaban J connectivity index is 2.02. The fourth-order valence-corrected chi connectivity index (χ4v) is 2.04. The number of phenols is 1. The molecule has 0 spiro atoms. The summed E-state index contributed by atoms with van der Waals surface area (Å²) in [7, 11) is 0. The third-order valence-corrected chi connectivity index (χ3v) is 2.98. The number of anilines is 1. The van der Waals surface area contributed by atoms with Crippen LogP contribution in [-0.2, 0) is 4.79 Å². The normalized spacial score (nSPS) is 24.3. The summed E-state index contributed by atoms with van der Waals surface area (Å²) in [5.74, 6) is 0.195. The van der Waals surface area contributed by atoms with E-state index in [0.717, 1.165) is 13.0 Å². The number of benzene rings is 1. The van der Waals surface area contributed by atoms with Crippen LogP contribution >= 0.6 is 0 Å². The van der Waals surface area contributed by atoms with Gasteiger partial charge < -0.3 is 15.7 Å². The maximum atomic E-state index is 11.9. The highest BCUT2D eigenvalue weighted by molar-refractivity contribution is 5.93. The van der Waals surface area contributed by atoms with Gasteiger partial charge in [0.25, 0.3) is 0 Å². The second-order valence-corrected chi connectivity index (χ2v) is 4.18. The van der Waals surface area contributed by atoms with E-state index in [1.54, 1.807) is 24.3 Å². The van der Waals surface area contributed by atoms with Crippen LogP contribution in [0.5, 0.6) is 5.75 Å². The quantitative estimate of drug-likeness (QED) is 0.704. The number of hydrogen-bond acceptors (Lipinski definition) is 3. The van der Waals surface area contributed by atoms with Gasteiger partial charge in [0.05, 0.1) is 5.92 Å². The van der Waals surface area contributed by atoms with Crippen LogP contribution in [0.25, 0.3) is 0 Å². The molecule has 4 heteroatoms. The number of amides is 1. The average Bonchev–Trinajstić information content (AvgIpc) is 2.64. The monoisotopic (exact) mass is 220 g/mol. The molecular formula is C12H16N2O2. The van der Waals surface area contributed by atoms with Crippen molar-refractivity contribution < 1.29 is 9.90 Å². The minimum atomic E-state index is 0.0161. The standard InChI is InChI=1S/C12H16N2O2/c1-8-11(5-6-13-8)12(16)14-9-3-2-4-10(15)7-9/h2-4,7-8,11,13,15H,5-6H2,1H3,(H,14,16). The number of carbonyl (C=O) groups excluding carboxylic acids is 1. The zero-order chi connectivity index (χ0) is 11.5. The van der Waals surface area contributed by atoms with Crippen molar-refractivity contribution in [1.82, 2.24) is 5.32 Å². The number of rotatable bonds is 2. The molecular weight excluding hydrogens is 204 g/mol. The van der Waals surface area contributed by atoms with E-state index in [-0.39, 0.29) is 23.6 Å². The summed E-state index contributed by atoms with van der Waals surface area (Å²) in [6, 6.07) is 6.82. The van der Waals surface area contributed by atoms with Gasteiger partial charge in [0.1, 0.15) is 5.75 Å². The number of hydrogen-bond donors (Lipinski definition) is 3. The van der Waals surface area contributed by atoms with Crippen molar-refractivity contribution in [1.29, 1.82) is 0 Å². The topological polar surface area (TPSA) is 61.4 Å². The van der Waals surface area contributed by atoms with E-state index in [1.165, 1.54) is 0 Å². The second kappa shape index (κ2) is 4.53. The van der Waals surface area contributed by atoms with E-state index in [1.807, 2.05) is 6.92 Å². The highest BCUT2D eigenvalue weighted by Crippen LogP contribution is 2.20. The lowest BCUT2D eigenvalue weighted by Gasteiger charge is -2.14. The Bertz CT molecular complexity index is 392. The predicted molar refractivity (Wildman–Crippen MR) is 62.3 cm³/mol. The molecule has 2 atom stereocenters. The first-order valence-electron chi connectivity index (χ1n) is 5.50. The van der Waals surface area contributed by atoms with Gasteiger partial charge >= 0.3 is 0 Å². The molecule has 0 bridgehead atoms. The van der Waals surface area contributed by atoms with Crippen LogP contribution in [-0.4, -0.2) is 23.6 Å². The molecule has 86 valence electrons. The Morgan fingerprint density at radius 1 is 1.56 bits per heavy atom. The van der Waals surface area contributed by atoms with Gasteiger partial charge in [0.15, 0.2) is 0 Å². The SMILES string of the molecule is CC1NCCC1C(=O)Nc1cccc(O)c1. The molecule has 4 nitrogen and oxygen atoms in total. The van der Waals surface area contributed by atoms with Crippen molar-refractivity contribution in [3.63, 3.8) is 0 Å². The molecule has 1 aromatic carbocycles. The molecule has 0 radical (unpaired) electrons. The van der Waals surface area contributed by atoms with E-state index in [0.29, 0.717) is 5.69 Å². The van der Waals surface area contributed by atoms with Crippen molar-refractivity contribution in [2.45, 2.75) is 19.4 Å². The zero-order valence-corrected chi connectivity index (χ0v) is 9.23. The minimum Gasteiger partial charge on any atom is -0.508 e. The lowest BCUT2D eigenvalue weighted by atomic mass is 10.0. The first kappa shape index (κ1) is 11.0. The van der Waals surface area contributed by atoms with Crippen molar-refractivity contribution in [3.8, 4) is 5.75 Å². The summed E-state index contributed by atoms with van der Waals surface area (Å²) in [5.41, 5.74) is 0.643. The molecule has 0 saturated carbocycles. The first-order valence-corrected chi connectivity index (χ1v) is 5.50. The summed E-state index contributed by atoms with van der Waals surface area (Å²) in [4.78, 5) is 11.9. The highest BCUT2D eigenvalue weighted by atomic mass is 16.3. The molecule has 2 rings (SSSR count). The van der Waals surface area contributed by atoms with E-state index in [4.69, 9.17) is 0 Å². The predicted octanol–water partition coefficient (Wildman–Crippen LogP) is 1.33. The van der Waals surface area contributed by atoms with Crippen LogP contribution in [0, 0.1) is 5.92 Å². The fourth-order valence-electron chi connectivity index (χ4n) is 2.04. The molecule has 1 aliphatic rings. The van der Waals surface area contributed by atoms with E-state index in [2.05, 4.69) is 10.6 Å². The van der Waals surface area contributed by atoms with E-state index in [9.17, 15) is 9.90 Å².